The second kappa shape index (κ2) is 2.03. The smallest absolute Gasteiger partial charge is 0.323 e. The van der Waals surface area contributed by atoms with Crippen LogP contribution in [-0.2, 0) is 4.79 Å². The van der Waals surface area contributed by atoms with E-state index in [0.29, 0.717) is 0 Å². The van der Waals surface area contributed by atoms with E-state index < -0.39 is 24.1 Å². The number of carbonyl (C=O) groups excluding carboxylic acids is 2. The van der Waals surface area contributed by atoms with Crippen LogP contribution >= 0.6 is 0 Å². The molecule has 1 saturated heterocycles. The SMILES string of the molecule is O=C1NC(=O)C2=NC(O)=NC2N1. The van der Waals surface area contributed by atoms with Gasteiger partial charge in [-0.3, -0.25) is 10.1 Å². The molecule has 1 unspecified atom stereocenters. The Kier molecular flexibility index (Phi) is 1.15. The summed E-state index contributed by atoms with van der Waals surface area (Å²) in [5.74, 6) is -0.628. The molecule has 12 heavy (non-hydrogen) atoms. The van der Waals surface area contributed by atoms with Crippen LogP contribution in [0.2, 0.25) is 0 Å². The third-order valence-corrected chi connectivity index (χ3v) is 1.45. The molecule has 2 rings (SSSR count). The van der Waals surface area contributed by atoms with Crippen molar-refractivity contribution in [1.29, 1.82) is 0 Å². The molecule has 0 saturated carbocycles. The topological polar surface area (TPSA) is 103 Å². The number of aliphatic hydroxyl groups is 1. The summed E-state index contributed by atoms with van der Waals surface area (Å²) in [6.45, 7) is 0. The summed E-state index contributed by atoms with van der Waals surface area (Å²) in [6.07, 6.45) is -0.828. The highest BCUT2D eigenvalue weighted by molar-refractivity contribution is 6.47. The molecule has 1 atom stereocenters. The van der Waals surface area contributed by atoms with Gasteiger partial charge in [-0.1, -0.05) is 0 Å². The second-order valence-electron chi connectivity index (χ2n) is 2.26. The van der Waals surface area contributed by atoms with Gasteiger partial charge in [-0.2, -0.15) is 4.99 Å². The van der Waals surface area contributed by atoms with Crippen LogP contribution in [0.25, 0.3) is 0 Å². The number of fused-ring (bicyclic) bond motifs is 1. The van der Waals surface area contributed by atoms with Crippen LogP contribution in [0.5, 0.6) is 0 Å². The number of hydrogen-bond acceptors (Lipinski definition) is 4. The fourth-order valence-corrected chi connectivity index (χ4v) is 0.977. The van der Waals surface area contributed by atoms with Crippen LogP contribution in [0.15, 0.2) is 9.98 Å². The van der Waals surface area contributed by atoms with Crippen molar-refractivity contribution in [2.75, 3.05) is 0 Å². The average molecular weight is 168 g/mol. The van der Waals surface area contributed by atoms with E-state index in [9.17, 15) is 9.59 Å². The Morgan fingerprint density at radius 2 is 2.17 bits per heavy atom. The van der Waals surface area contributed by atoms with Crippen molar-refractivity contribution in [3.63, 3.8) is 0 Å². The normalized spacial score (nSPS) is 26.8. The van der Waals surface area contributed by atoms with Crippen LogP contribution in [0.3, 0.4) is 0 Å². The van der Waals surface area contributed by atoms with Gasteiger partial charge >= 0.3 is 12.1 Å². The van der Waals surface area contributed by atoms with Gasteiger partial charge in [0, 0.05) is 0 Å². The van der Waals surface area contributed by atoms with E-state index in [-0.39, 0.29) is 5.71 Å². The van der Waals surface area contributed by atoms with Crippen molar-refractivity contribution in [3.8, 4) is 0 Å². The van der Waals surface area contributed by atoms with Crippen molar-refractivity contribution < 1.29 is 14.7 Å². The Morgan fingerprint density at radius 3 is 2.92 bits per heavy atom. The Hall–Kier alpha value is -1.92. The zero-order chi connectivity index (χ0) is 8.72. The molecular weight excluding hydrogens is 164 g/mol. The number of aliphatic imine (C=N–C) groups is 2. The van der Waals surface area contributed by atoms with Crippen molar-refractivity contribution in [1.82, 2.24) is 10.6 Å². The molecule has 2 aliphatic heterocycles. The zero-order valence-corrected chi connectivity index (χ0v) is 5.74. The third kappa shape index (κ3) is 0.831. The molecule has 3 amide bonds. The van der Waals surface area contributed by atoms with Gasteiger partial charge in [0.1, 0.15) is 0 Å². The first-order valence-corrected chi connectivity index (χ1v) is 3.14. The van der Waals surface area contributed by atoms with Crippen LogP contribution in [0.1, 0.15) is 0 Å². The van der Waals surface area contributed by atoms with Gasteiger partial charge in [0.2, 0.25) is 0 Å². The number of amidine groups is 1. The van der Waals surface area contributed by atoms with E-state index in [1.807, 2.05) is 5.32 Å². The van der Waals surface area contributed by atoms with E-state index >= 15 is 0 Å². The molecule has 0 spiro atoms. The summed E-state index contributed by atoms with van der Waals surface area (Å²) in [7, 11) is 0. The highest BCUT2D eigenvalue weighted by Gasteiger charge is 2.35. The van der Waals surface area contributed by atoms with Crippen LogP contribution in [0, 0.1) is 0 Å². The highest BCUT2D eigenvalue weighted by atomic mass is 16.3. The molecule has 2 aliphatic rings. The first-order chi connectivity index (χ1) is 5.66. The Bertz CT molecular complexity index is 332. The molecule has 62 valence electrons. The van der Waals surface area contributed by atoms with Gasteiger partial charge in [0.15, 0.2) is 11.9 Å². The number of amides is 3. The van der Waals surface area contributed by atoms with Gasteiger partial charge in [0.25, 0.3) is 5.91 Å². The van der Waals surface area contributed by atoms with Gasteiger partial charge in [-0.05, 0) is 0 Å². The summed E-state index contributed by atoms with van der Waals surface area (Å²) >= 11 is 0. The molecule has 2 heterocycles. The molecule has 7 nitrogen and oxygen atoms in total. The number of nitrogens with one attached hydrogen (secondary N) is 2. The van der Waals surface area contributed by atoms with E-state index in [0.717, 1.165) is 0 Å². The fraction of sp³-hybridized carbons (Fsp3) is 0.200. The molecule has 7 heteroatoms. The van der Waals surface area contributed by atoms with Crippen LogP contribution < -0.4 is 10.6 Å². The molecular formula is C5H4N4O3. The van der Waals surface area contributed by atoms with Crippen molar-refractivity contribution in [2.24, 2.45) is 9.98 Å². The summed E-state index contributed by atoms with van der Waals surface area (Å²) in [5, 5.41) is 13.1. The maximum absolute atomic E-state index is 10.9. The van der Waals surface area contributed by atoms with Crippen molar-refractivity contribution in [2.45, 2.75) is 6.17 Å². The third-order valence-electron chi connectivity index (χ3n) is 1.45. The lowest BCUT2D eigenvalue weighted by atomic mass is 10.2. The lowest BCUT2D eigenvalue weighted by molar-refractivity contribution is -0.114. The van der Waals surface area contributed by atoms with Gasteiger partial charge in [-0.25, -0.2) is 9.79 Å². The van der Waals surface area contributed by atoms with Gasteiger partial charge in [-0.15, -0.1) is 0 Å². The summed E-state index contributed by atoms with van der Waals surface area (Å²) in [6, 6.07) is -1.13. The monoisotopic (exact) mass is 168 g/mol. The quantitative estimate of drug-likeness (QED) is 0.411. The number of urea groups is 1. The van der Waals surface area contributed by atoms with E-state index in [1.54, 1.807) is 0 Å². The largest absolute Gasteiger partial charge is 0.479 e. The van der Waals surface area contributed by atoms with Crippen LogP contribution in [-0.4, -0.2) is 34.9 Å². The van der Waals surface area contributed by atoms with E-state index in [2.05, 4.69) is 15.3 Å². The van der Waals surface area contributed by atoms with Gasteiger partial charge in [0.05, 0.1) is 0 Å². The molecule has 3 N–H and O–H groups in total. The first kappa shape index (κ1) is 6.77. The van der Waals surface area contributed by atoms with E-state index in [1.165, 1.54) is 0 Å². The fourth-order valence-electron chi connectivity index (χ4n) is 0.977. The Labute approximate surface area is 66.2 Å². The minimum Gasteiger partial charge on any atom is -0.479 e. The minimum absolute atomic E-state index is 0.00657. The van der Waals surface area contributed by atoms with E-state index in [4.69, 9.17) is 5.11 Å². The minimum atomic E-state index is -0.828. The number of carbonyl (C=O) groups is 2. The molecule has 0 bridgehead atoms. The van der Waals surface area contributed by atoms with Crippen molar-refractivity contribution in [3.05, 3.63) is 0 Å². The summed E-state index contributed by atoms with van der Waals surface area (Å²) in [4.78, 5) is 28.5. The molecule has 1 fully saturated rings. The Balaban J connectivity index is 2.34. The zero-order valence-electron chi connectivity index (χ0n) is 5.74. The molecule has 0 aromatic carbocycles. The second-order valence-corrected chi connectivity index (χ2v) is 2.26. The predicted octanol–water partition coefficient (Wildman–Crippen LogP) is -1.48. The van der Waals surface area contributed by atoms with Crippen LogP contribution in [0.4, 0.5) is 4.79 Å². The summed E-state index contributed by atoms with van der Waals surface area (Å²) < 4.78 is 0. The maximum Gasteiger partial charge on any atom is 0.323 e. The standard InChI is InChI=1S/C5H4N4O3/c10-3-1-2(7-4(11)6-1)8-5(12)9-3/h2H,(H,7,11)(H2,8,9,10,12). The number of nitrogens with zero attached hydrogens (tertiary/aromatic N) is 2. The molecule has 0 aromatic heterocycles. The number of aliphatic hydroxyl groups excluding tert-OH is 1. The van der Waals surface area contributed by atoms with Crippen molar-refractivity contribution >= 4 is 23.7 Å². The molecule has 0 aliphatic carbocycles. The molecule has 0 radical (unpaired) electrons. The molecule has 0 aromatic rings. The maximum atomic E-state index is 10.9. The number of rotatable bonds is 0. The lowest BCUT2D eigenvalue weighted by Gasteiger charge is -2.17. The highest BCUT2D eigenvalue weighted by Crippen LogP contribution is 2.05. The number of imide groups is 1. The predicted molar refractivity (Wildman–Crippen MR) is 38.0 cm³/mol. The summed E-state index contributed by atoms with van der Waals surface area (Å²) in [5.41, 5.74) is 0.00657. The first-order valence-electron chi connectivity index (χ1n) is 3.14. The Morgan fingerprint density at radius 1 is 1.42 bits per heavy atom. The lowest BCUT2D eigenvalue weighted by Crippen LogP contribution is -2.57. The van der Waals surface area contributed by atoms with Gasteiger partial charge < -0.3 is 10.4 Å². The number of hydrogen-bond donors (Lipinski definition) is 3. The average Bonchev–Trinajstić information content (AvgIpc) is 2.29.